The molecule has 0 aliphatic rings. The van der Waals surface area contributed by atoms with E-state index >= 15 is 0 Å². The molecular weight excluding hydrogens is 461 g/mol. The first-order valence-corrected chi connectivity index (χ1v) is 11.6. The highest BCUT2D eigenvalue weighted by Gasteiger charge is 2.14. The van der Waals surface area contributed by atoms with E-state index in [4.69, 9.17) is 39.5 Å². The summed E-state index contributed by atoms with van der Waals surface area (Å²) in [6, 6.07) is 11.1. The second kappa shape index (κ2) is 11.1. The maximum absolute atomic E-state index is 6.28. The molecule has 1 aromatic heterocycles. The lowest BCUT2D eigenvalue weighted by atomic mass is 10.2. The summed E-state index contributed by atoms with van der Waals surface area (Å²) in [6.45, 7) is 7.06. The fraction of sp³-hybridized carbons (Fsp3) is 0.273. The molecule has 158 valence electrons. The van der Waals surface area contributed by atoms with Gasteiger partial charge in [0.25, 0.3) is 0 Å². The Balaban J connectivity index is 1.60. The number of ether oxygens (including phenoxy) is 1. The first-order valence-electron chi connectivity index (χ1n) is 9.47. The molecule has 0 aliphatic carbocycles. The number of benzene rings is 2. The minimum atomic E-state index is 0.584. The molecule has 0 N–H and O–H groups in total. The molecule has 0 unspecified atom stereocenters. The normalized spacial score (nSPS) is 10.9. The average molecular weight is 483 g/mol. The van der Waals surface area contributed by atoms with E-state index in [1.54, 1.807) is 11.8 Å². The highest BCUT2D eigenvalue weighted by molar-refractivity contribution is 7.98. The van der Waals surface area contributed by atoms with Crippen molar-refractivity contribution >= 4 is 46.6 Å². The third kappa shape index (κ3) is 5.94. The van der Waals surface area contributed by atoms with Crippen molar-refractivity contribution in [2.24, 2.45) is 0 Å². The van der Waals surface area contributed by atoms with Crippen molar-refractivity contribution in [3.05, 3.63) is 81.1 Å². The van der Waals surface area contributed by atoms with Crippen LogP contribution in [0.25, 0.3) is 0 Å². The number of allylic oxidation sites excluding steroid dienone is 1. The van der Waals surface area contributed by atoms with Gasteiger partial charge in [0.1, 0.15) is 11.6 Å². The second-order valence-electron chi connectivity index (χ2n) is 6.65. The Morgan fingerprint density at radius 2 is 1.90 bits per heavy atom. The molecule has 0 atom stereocenters. The van der Waals surface area contributed by atoms with E-state index in [9.17, 15) is 0 Å². The lowest BCUT2D eigenvalue weighted by Crippen LogP contribution is -2.07. The van der Waals surface area contributed by atoms with Gasteiger partial charge in [-0.15, -0.1) is 16.8 Å². The number of thioether (sulfide) groups is 1. The van der Waals surface area contributed by atoms with Gasteiger partial charge in [-0.2, -0.15) is 0 Å². The van der Waals surface area contributed by atoms with Gasteiger partial charge in [0.2, 0.25) is 0 Å². The molecule has 4 nitrogen and oxygen atoms in total. The predicted molar refractivity (Wildman–Crippen MR) is 126 cm³/mol. The van der Waals surface area contributed by atoms with Crippen LogP contribution >= 0.6 is 46.6 Å². The highest BCUT2D eigenvalue weighted by Crippen LogP contribution is 2.31. The Hall–Kier alpha value is -1.66. The van der Waals surface area contributed by atoms with Crippen molar-refractivity contribution in [1.29, 1.82) is 0 Å². The molecule has 30 heavy (non-hydrogen) atoms. The van der Waals surface area contributed by atoms with Crippen molar-refractivity contribution < 1.29 is 4.74 Å². The van der Waals surface area contributed by atoms with Gasteiger partial charge in [0.05, 0.1) is 6.61 Å². The largest absolute Gasteiger partial charge is 0.493 e. The van der Waals surface area contributed by atoms with Crippen molar-refractivity contribution in [3.63, 3.8) is 0 Å². The molecule has 0 bridgehead atoms. The van der Waals surface area contributed by atoms with Gasteiger partial charge in [0, 0.05) is 33.8 Å². The number of aromatic nitrogens is 3. The van der Waals surface area contributed by atoms with Gasteiger partial charge < -0.3 is 9.30 Å². The average Bonchev–Trinajstić information content (AvgIpc) is 3.08. The second-order valence-corrected chi connectivity index (χ2v) is 8.84. The van der Waals surface area contributed by atoms with Crippen LogP contribution in [0.3, 0.4) is 0 Å². The molecule has 0 spiro atoms. The van der Waals surface area contributed by atoms with Crippen LogP contribution in [0.15, 0.2) is 54.2 Å². The molecule has 0 amide bonds. The molecule has 8 heteroatoms. The van der Waals surface area contributed by atoms with Gasteiger partial charge >= 0.3 is 0 Å². The standard InChI is InChI=1S/C22H22Cl3N3OS/c1-3-11-28-21(8-5-12-29-20-10-9-16(23)13-15(20)2)26-27-22(28)30-14-17-18(24)6-4-7-19(17)25/h3-4,6-7,9-10,13H,1,5,8,11-12,14H2,2H3. The van der Waals surface area contributed by atoms with Gasteiger partial charge in [-0.05, 0) is 54.8 Å². The Bertz CT molecular complexity index is 1000. The summed E-state index contributed by atoms with van der Waals surface area (Å²) in [4.78, 5) is 0. The quantitative estimate of drug-likeness (QED) is 0.176. The Labute approximate surface area is 196 Å². The third-order valence-corrected chi connectivity index (χ3v) is 6.39. The van der Waals surface area contributed by atoms with E-state index in [-0.39, 0.29) is 0 Å². The zero-order valence-electron chi connectivity index (χ0n) is 16.6. The maximum Gasteiger partial charge on any atom is 0.191 e. The van der Waals surface area contributed by atoms with Crippen LogP contribution in [0.1, 0.15) is 23.4 Å². The molecule has 3 rings (SSSR count). The first-order chi connectivity index (χ1) is 14.5. The minimum Gasteiger partial charge on any atom is -0.493 e. The van der Waals surface area contributed by atoms with Gasteiger partial charge in [-0.3, -0.25) is 0 Å². The summed E-state index contributed by atoms with van der Waals surface area (Å²) in [5.41, 5.74) is 1.92. The van der Waals surface area contributed by atoms with E-state index in [1.165, 1.54) is 0 Å². The lowest BCUT2D eigenvalue weighted by Gasteiger charge is -2.11. The van der Waals surface area contributed by atoms with Gasteiger partial charge in [-0.25, -0.2) is 0 Å². The van der Waals surface area contributed by atoms with Crippen LogP contribution in [-0.2, 0) is 18.7 Å². The molecule has 0 aliphatic heterocycles. The minimum absolute atomic E-state index is 0.584. The molecule has 0 saturated heterocycles. The fourth-order valence-electron chi connectivity index (χ4n) is 2.92. The summed E-state index contributed by atoms with van der Waals surface area (Å²) >= 11 is 20.1. The predicted octanol–water partition coefficient (Wildman–Crippen LogP) is 7.04. The van der Waals surface area contributed by atoms with Crippen molar-refractivity contribution in [2.75, 3.05) is 6.61 Å². The van der Waals surface area contributed by atoms with E-state index in [0.717, 1.165) is 40.7 Å². The molecule has 3 aromatic rings. The van der Waals surface area contributed by atoms with E-state index in [1.807, 2.05) is 49.4 Å². The molecular formula is C22H22Cl3N3OS. The number of hydrogen-bond donors (Lipinski definition) is 0. The van der Waals surface area contributed by atoms with Crippen LogP contribution in [-0.4, -0.2) is 21.4 Å². The fourth-order valence-corrected chi connectivity index (χ4v) is 4.85. The van der Waals surface area contributed by atoms with Crippen molar-refractivity contribution in [1.82, 2.24) is 14.8 Å². The van der Waals surface area contributed by atoms with Crippen LogP contribution in [0.4, 0.5) is 0 Å². The number of halogens is 3. The van der Waals surface area contributed by atoms with Gasteiger partial charge in [-0.1, -0.05) is 58.7 Å². The maximum atomic E-state index is 6.28. The Kier molecular flexibility index (Phi) is 8.51. The first kappa shape index (κ1) is 23.0. The van der Waals surface area contributed by atoms with Gasteiger partial charge in [0.15, 0.2) is 5.16 Å². The summed E-state index contributed by atoms with van der Waals surface area (Å²) in [6.07, 6.45) is 3.41. The summed E-state index contributed by atoms with van der Waals surface area (Å²) in [5.74, 6) is 2.37. The molecule has 2 aromatic carbocycles. The SMILES string of the molecule is C=CCn1c(CCCOc2ccc(Cl)cc2C)nnc1SCc1c(Cl)cccc1Cl. The number of aryl methyl sites for hydroxylation is 2. The van der Waals surface area contributed by atoms with E-state index < -0.39 is 0 Å². The van der Waals surface area contributed by atoms with Crippen molar-refractivity contribution in [2.45, 2.75) is 37.2 Å². The van der Waals surface area contributed by atoms with Crippen LogP contribution in [0.2, 0.25) is 15.1 Å². The topological polar surface area (TPSA) is 39.9 Å². The van der Waals surface area contributed by atoms with Crippen LogP contribution < -0.4 is 4.74 Å². The number of rotatable bonds is 10. The Morgan fingerprint density at radius 1 is 1.13 bits per heavy atom. The molecule has 0 radical (unpaired) electrons. The van der Waals surface area contributed by atoms with Crippen LogP contribution in [0, 0.1) is 6.92 Å². The molecule has 0 fully saturated rings. The number of hydrogen-bond acceptors (Lipinski definition) is 4. The van der Waals surface area contributed by atoms with Crippen molar-refractivity contribution in [3.8, 4) is 5.75 Å². The zero-order chi connectivity index (χ0) is 21.5. The van der Waals surface area contributed by atoms with Crippen LogP contribution in [0.5, 0.6) is 5.75 Å². The molecule has 1 heterocycles. The zero-order valence-corrected chi connectivity index (χ0v) is 19.7. The highest BCUT2D eigenvalue weighted by atomic mass is 35.5. The van der Waals surface area contributed by atoms with E-state index in [2.05, 4.69) is 21.3 Å². The summed E-state index contributed by atoms with van der Waals surface area (Å²) in [7, 11) is 0. The Morgan fingerprint density at radius 3 is 2.60 bits per heavy atom. The summed E-state index contributed by atoms with van der Waals surface area (Å²) in [5, 5.41) is 11.6. The monoisotopic (exact) mass is 481 g/mol. The third-order valence-electron chi connectivity index (χ3n) is 4.45. The number of nitrogens with zero attached hydrogens (tertiary/aromatic N) is 3. The molecule has 0 saturated carbocycles. The summed E-state index contributed by atoms with van der Waals surface area (Å²) < 4.78 is 7.95. The lowest BCUT2D eigenvalue weighted by molar-refractivity contribution is 0.307. The van der Waals surface area contributed by atoms with E-state index in [0.29, 0.717) is 34.0 Å². The smallest absolute Gasteiger partial charge is 0.191 e.